The van der Waals surface area contributed by atoms with E-state index in [-0.39, 0.29) is 44.0 Å². The molecule has 0 aromatic heterocycles. The smallest absolute Gasteiger partial charge is 0.303 e. The molecule has 10 heteroatoms. The van der Waals surface area contributed by atoms with Gasteiger partial charge in [0.2, 0.25) is 5.91 Å². The van der Waals surface area contributed by atoms with E-state index < -0.39 is 18.0 Å². The number of carbonyl (C=O) groups excluding carboxylic acids is 1. The van der Waals surface area contributed by atoms with E-state index in [0.29, 0.717) is 25.3 Å². The van der Waals surface area contributed by atoms with Crippen LogP contribution in [0.3, 0.4) is 0 Å². The number of carbonyl (C=O) groups is 2. The van der Waals surface area contributed by atoms with Gasteiger partial charge in [0.15, 0.2) is 12.1 Å². The number of nitrogens with one attached hydrogen (secondary N) is 1. The number of nitrogens with zero attached hydrogens (tertiary/aromatic N) is 1. The number of amides is 1. The number of piperidine rings is 1. The van der Waals surface area contributed by atoms with Gasteiger partial charge in [0.25, 0.3) is 0 Å². The predicted molar refractivity (Wildman–Crippen MR) is 145 cm³/mol. The van der Waals surface area contributed by atoms with Gasteiger partial charge in [-0.2, -0.15) is 0 Å². The summed E-state index contributed by atoms with van der Waals surface area (Å²) >= 11 is 0. The van der Waals surface area contributed by atoms with E-state index in [1.165, 1.54) is 0 Å². The molecule has 0 aliphatic carbocycles. The number of rotatable bonds is 10. The summed E-state index contributed by atoms with van der Waals surface area (Å²) in [7, 11) is 0. The van der Waals surface area contributed by atoms with Gasteiger partial charge in [0.05, 0.1) is 32.0 Å². The Morgan fingerprint density at radius 2 is 1.73 bits per heavy atom. The zero-order valence-corrected chi connectivity index (χ0v) is 22.6. The first-order valence-corrected chi connectivity index (χ1v) is 14.0. The Labute approximate surface area is 234 Å². The van der Waals surface area contributed by atoms with Crippen LogP contribution in [0.4, 0.5) is 5.69 Å². The van der Waals surface area contributed by atoms with E-state index in [0.717, 1.165) is 49.2 Å². The third-order valence-electron chi connectivity index (χ3n) is 7.75. The molecule has 0 unspecified atom stereocenters. The summed E-state index contributed by atoms with van der Waals surface area (Å²) < 4.78 is 24.7. The quantitative estimate of drug-likeness (QED) is 0.402. The molecule has 1 spiro atoms. The molecule has 3 saturated heterocycles. The second-order valence-electron chi connectivity index (χ2n) is 10.7. The van der Waals surface area contributed by atoms with Gasteiger partial charge in [-0.05, 0) is 29.7 Å². The van der Waals surface area contributed by atoms with Crippen LogP contribution < -0.4 is 5.32 Å². The number of benzene rings is 2. The Morgan fingerprint density at radius 3 is 2.42 bits per heavy atom. The van der Waals surface area contributed by atoms with Crippen molar-refractivity contribution in [3.8, 4) is 0 Å². The monoisotopic (exact) mass is 554 g/mol. The zero-order valence-electron chi connectivity index (χ0n) is 22.6. The third-order valence-corrected chi connectivity index (χ3v) is 7.75. The largest absolute Gasteiger partial charge is 0.481 e. The van der Waals surface area contributed by atoms with Crippen molar-refractivity contribution >= 4 is 17.6 Å². The molecule has 1 amide bonds. The first kappa shape index (κ1) is 28.7. The summed E-state index contributed by atoms with van der Waals surface area (Å²) in [5.41, 5.74) is 3.25. The molecule has 40 heavy (non-hydrogen) atoms. The van der Waals surface area contributed by atoms with Crippen molar-refractivity contribution < 1.29 is 38.7 Å². The molecule has 0 bridgehead atoms. The Balaban J connectivity index is 1.27. The summed E-state index contributed by atoms with van der Waals surface area (Å²) in [5.74, 6) is -1.58. The first-order valence-electron chi connectivity index (χ1n) is 14.0. The molecule has 3 aliphatic rings. The van der Waals surface area contributed by atoms with E-state index in [1.54, 1.807) is 6.07 Å². The van der Waals surface area contributed by atoms with Gasteiger partial charge < -0.3 is 39.4 Å². The van der Waals surface area contributed by atoms with Crippen LogP contribution in [0, 0.1) is 0 Å². The Hall–Kier alpha value is -2.86. The molecule has 0 radical (unpaired) electrons. The molecule has 10 nitrogen and oxygen atoms in total. The average Bonchev–Trinajstić information content (AvgIpc) is 3.42. The number of aliphatic carboxylic acids is 1. The summed E-state index contributed by atoms with van der Waals surface area (Å²) in [5, 5.41) is 21.1. The molecule has 0 saturated carbocycles. The van der Waals surface area contributed by atoms with Crippen molar-refractivity contribution in [1.82, 2.24) is 4.90 Å². The van der Waals surface area contributed by atoms with Gasteiger partial charge in [0.1, 0.15) is 0 Å². The minimum Gasteiger partial charge on any atom is -0.481 e. The molecule has 216 valence electrons. The van der Waals surface area contributed by atoms with E-state index in [1.807, 2.05) is 42.5 Å². The van der Waals surface area contributed by atoms with E-state index in [2.05, 4.69) is 10.2 Å². The highest BCUT2D eigenvalue weighted by atomic mass is 16.7. The number of aliphatic hydroxyl groups excluding tert-OH is 1. The lowest BCUT2D eigenvalue weighted by atomic mass is 9.98. The number of likely N-dealkylation sites (tertiary alicyclic amines) is 1. The number of carboxylic acid groups (broad SMARTS) is 1. The number of hydrogen-bond donors (Lipinski definition) is 3. The van der Waals surface area contributed by atoms with Gasteiger partial charge in [-0.15, -0.1) is 0 Å². The van der Waals surface area contributed by atoms with Crippen LogP contribution in [-0.4, -0.2) is 71.7 Å². The zero-order chi connectivity index (χ0) is 28.0. The summed E-state index contributed by atoms with van der Waals surface area (Å²) in [6.07, 6.45) is 1.79. The lowest BCUT2D eigenvalue weighted by molar-refractivity contribution is -0.255. The molecular weight excluding hydrogens is 516 g/mol. The fraction of sp³-hybridized carbons (Fsp3) is 0.533. The first-order chi connectivity index (χ1) is 19.4. The van der Waals surface area contributed by atoms with E-state index >= 15 is 0 Å². The van der Waals surface area contributed by atoms with Crippen LogP contribution >= 0.6 is 0 Å². The second kappa shape index (κ2) is 13.2. The van der Waals surface area contributed by atoms with Crippen molar-refractivity contribution in [2.75, 3.05) is 38.2 Å². The summed E-state index contributed by atoms with van der Waals surface area (Å²) in [6.45, 7) is 3.78. The maximum Gasteiger partial charge on any atom is 0.303 e. The highest BCUT2D eigenvalue weighted by Crippen LogP contribution is 2.39. The number of carboxylic acids is 1. The van der Waals surface area contributed by atoms with Gasteiger partial charge >= 0.3 is 5.97 Å². The summed E-state index contributed by atoms with van der Waals surface area (Å²) in [6, 6.07) is 15.2. The minimum absolute atomic E-state index is 0.0150. The SMILES string of the molecule is O=C(O)CCCC(=O)Nc1cccc([C@@H]2O[C@H](CN3CCC4(CC3)OCCO4)C[C@H](c3ccc(CO)cc3)O2)c1. The van der Waals surface area contributed by atoms with E-state index in [4.69, 9.17) is 24.1 Å². The van der Waals surface area contributed by atoms with Gasteiger partial charge in [-0.1, -0.05) is 36.4 Å². The van der Waals surface area contributed by atoms with E-state index in [9.17, 15) is 14.7 Å². The molecule has 3 atom stereocenters. The standard InChI is InChI=1S/C30H38N2O8/c33-20-21-7-9-22(10-8-21)26-18-25(19-32-13-11-30(12-14-32)37-15-16-38-30)39-29(40-26)23-3-1-4-24(17-23)31-27(34)5-2-6-28(35)36/h1,3-4,7-10,17,25-26,29,33H,2,5-6,11-16,18-20H2,(H,31,34)(H,35,36)/t25-,26+,29+/m0/s1. The maximum atomic E-state index is 12.3. The van der Waals surface area contributed by atoms with Crippen molar-refractivity contribution in [2.45, 2.75) is 69.4 Å². The minimum atomic E-state index is -0.916. The molecule has 2 aromatic carbocycles. The number of aliphatic hydroxyl groups is 1. The van der Waals surface area contributed by atoms with Crippen LogP contribution in [0.15, 0.2) is 48.5 Å². The highest BCUT2D eigenvalue weighted by Gasteiger charge is 2.41. The van der Waals surface area contributed by atoms with Gasteiger partial charge in [-0.3, -0.25) is 9.59 Å². The summed E-state index contributed by atoms with van der Waals surface area (Å²) in [4.78, 5) is 25.5. The normalized spacial score (nSPS) is 24.7. The van der Waals surface area contributed by atoms with Gasteiger partial charge in [-0.25, -0.2) is 0 Å². The third kappa shape index (κ3) is 7.45. The van der Waals surface area contributed by atoms with Crippen LogP contribution in [-0.2, 0) is 35.1 Å². The van der Waals surface area contributed by atoms with Crippen molar-refractivity contribution in [3.05, 3.63) is 65.2 Å². The predicted octanol–water partition coefficient (Wildman–Crippen LogP) is 3.76. The number of ether oxygens (including phenoxy) is 4. The second-order valence-corrected chi connectivity index (χ2v) is 10.7. The molecular formula is C30H38N2O8. The highest BCUT2D eigenvalue weighted by molar-refractivity contribution is 5.90. The average molecular weight is 555 g/mol. The Bertz CT molecular complexity index is 1140. The Morgan fingerprint density at radius 1 is 0.975 bits per heavy atom. The van der Waals surface area contributed by atoms with Crippen LogP contribution in [0.5, 0.6) is 0 Å². The van der Waals surface area contributed by atoms with Crippen molar-refractivity contribution in [3.63, 3.8) is 0 Å². The van der Waals surface area contributed by atoms with Gasteiger partial charge in [0, 0.05) is 63.0 Å². The topological polar surface area (TPSA) is 127 Å². The van der Waals surface area contributed by atoms with Crippen molar-refractivity contribution in [1.29, 1.82) is 0 Å². The lowest BCUT2D eigenvalue weighted by Crippen LogP contribution is -2.48. The molecule has 3 aliphatic heterocycles. The molecule has 3 N–H and O–H groups in total. The molecule has 3 fully saturated rings. The Kier molecular flexibility index (Phi) is 9.46. The maximum absolute atomic E-state index is 12.3. The van der Waals surface area contributed by atoms with Crippen LogP contribution in [0.2, 0.25) is 0 Å². The number of anilines is 1. The molecule has 3 heterocycles. The van der Waals surface area contributed by atoms with Crippen LogP contribution in [0.1, 0.15) is 67.6 Å². The van der Waals surface area contributed by atoms with Crippen LogP contribution in [0.25, 0.3) is 0 Å². The molecule has 5 rings (SSSR count). The number of hydrogen-bond acceptors (Lipinski definition) is 8. The van der Waals surface area contributed by atoms with Crippen molar-refractivity contribution in [2.24, 2.45) is 0 Å². The fourth-order valence-corrected chi connectivity index (χ4v) is 5.57. The fourth-order valence-electron chi connectivity index (χ4n) is 5.57. The lowest BCUT2D eigenvalue weighted by Gasteiger charge is -2.41. The molecule has 2 aromatic rings.